The maximum absolute atomic E-state index is 10.3. The molecule has 1 heteroatoms. The van der Waals surface area contributed by atoms with E-state index in [9.17, 15) is 5.11 Å². The zero-order chi connectivity index (χ0) is 37.7. The molecule has 2 aromatic rings. The molecule has 0 saturated heterocycles. The third-order valence-corrected chi connectivity index (χ3v) is 16.4. The number of hydrogen-bond donors (Lipinski definition) is 1. The Balaban J connectivity index is 0.00000101. The summed E-state index contributed by atoms with van der Waals surface area (Å²) in [5.74, 6) is 8.37. The molecular weight excluding hydrogens is 689 g/mol. The number of benzene rings is 2. The molecule has 0 radical (unpaired) electrons. The Labute approximate surface area is 359 Å². The summed E-state index contributed by atoms with van der Waals surface area (Å²) in [4.78, 5) is 0. The third kappa shape index (κ3) is 14.2. The van der Waals surface area contributed by atoms with Gasteiger partial charge in [0, 0.05) is 0 Å². The van der Waals surface area contributed by atoms with Crippen molar-refractivity contribution in [2.45, 2.75) is 242 Å². The minimum Gasteiger partial charge on any atom is -0.507 e. The van der Waals surface area contributed by atoms with Gasteiger partial charge in [0.25, 0.3) is 0 Å². The van der Waals surface area contributed by atoms with Crippen LogP contribution in [0.15, 0.2) is 0 Å². The Kier molecular flexibility index (Phi) is 24.3. The van der Waals surface area contributed by atoms with Crippen LogP contribution in [0, 0.1) is 110 Å². The molecule has 4 fully saturated rings. The van der Waals surface area contributed by atoms with Crippen molar-refractivity contribution in [3.63, 3.8) is 0 Å². The van der Waals surface area contributed by atoms with Crippen LogP contribution >= 0.6 is 0 Å². The first-order valence-corrected chi connectivity index (χ1v) is 22.6. The van der Waals surface area contributed by atoms with Crippen LogP contribution in [0.1, 0.15) is 228 Å². The fourth-order valence-electron chi connectivity index (χ4n) is 11.6. The summed E-state index contributed by atoms with van der Waals surface area (Å²) in [5.41, 5.74) is 15.7. The van der Waals surface area contributed by atoms with E-state index in [1.54, 1.807) is 23.1 Å². The molecule has 4 aliphatic carbocycles. The number of aromatic hydroxyl groups is 1. The number of phenols is 1. The van der Waals surface area contributed by atoms with Crippen molar-refractivity contribution in [2.24, 2.45) is 47.3 Å². The van der Waals surface area contributed by atoms with E-state index in [2.05, 4.69) is 76.2 Å². The first-order valence-electron chi connectivity index (χ1n) is 22.6. The van der Waals surface area contributed by atoms with Crippen LogP contribution in [0.4, 0.5) is 0 Å². The average molecular weight is 791 g/mol. The van der Waals surface area contributed by atoms with Gasteiger partial charge in [-0.05, 0) is 222 Å². The predicted molar refractivity (Wildman–Crippen MR) is 261 cm³/mol. The Morgan fingerprint density at radius 3 is 0.807 bits per heavy atom. The molecular formula is C56H102O. The van der Waals surface area contributed by atoms with Crippen LogP contribution < -0.4 is 0 Å². The van der Waals surface area contributed by atoms with Crippen molar-refractivity contribution in [3.05, 3.63) is 61.2 Å². The lowest BCUT2D eigenvalue weighted by molar-refractivity contribution is 0.195. The first kappa shape index (κ1) is 55.2. The monoisotopic (exact) mass is 791 g/mol. The third-order valence-electron chi connectivity index (χ3n) is 16.4. The summed E-state index contributed by atoms with van der Waals surface area (Å²) in [6.07, 6.45) is 29.2. The summed E-state index contributed by atoms with van der Waals surface area (Å²) in [7, 11) is 0. The van der Waals surface area contributed by atoms with Crippen molar-refractivity contribution in [2.75, 3.05) is 0 Å². The molecule has 332 valence electrons. The van der Waals surface area contributed by atoms with Gasteiger partial charge in [-0.3, -0.25) is 0 Å². The second-order valence-corrected chi connectivity index (χ2v) is 19.8. The van der Waals surface area contributed by atoms with Gasteiger partial charge in [0.05, 0.1) is 0 Å². The lowest BCUT2D eigenvalue weighted by atomic mass is 9.72. The Bertz CT molecular complexity index is 1280. The van der Waals surface area contributed by atoms with E-state index < -0.39 is 0 Å². The summed E-state index contributed by atoms with van der Waals surface area (Å²) in [6.45, 7) is 25.1. The van der Waals surface area contributed by atoms with Gasteiger partial charge in [-0.2, -0.15) is 0 Å². The Hall–Kier alpha value is -1.76. The minimum atomic E-state index is 0. The molecule has 0 aromatic heterocycles. The van der Waals surface area contributed by atoms with E-state index in [4.69, 9.17) is 0 Å². The van der Waals surface area contributed by atoms with Gasteiger partial charge in [0.15, 0.2) is 0 Å². The van der Waals surface area contributed by atoms with E-state index in [0.717, 1.165) is 58.5 Å². The maximum Gasteiger partial charge on any atom is 0.121 e. The lowest BCUT2D eigenvalue weighted by Crippen LogP contribution is -2.21. The lowest BCUT2D eigenvalue weighted by Gasteiger charge is -2.34. The maximum atomic E-state index is 10.3. The number of rotatable bonds is 8. The molecule has 1 N–H and O–H groups in total. The standard InChI is InChI=1S/C26H42.C25H40O.5CH4/c1-17-7-9-23(10-8-17)15-24-11-13-25(14-12-24)16-26-21(5)19(3)18(2)20(4)22(26)6;1-16-6-8-21(9-7-16)14-22-10-12-23(13-11-22)15-24-17(2)19(4)25(26)20(5)18(24)3;;;;;/h17,23-25H,7-16H2,1-6H3;16,21-23,26H,6-15H2,1-5H3;5*1H4. The molecule has 6 rings (SSSR count). The normalized spacial score (nSPS) is 27.1. The highest BCUT2D eigenvalue weighted by molar-refractivity contribution is 5.53. The topological polar surface area (TPSA) is 20.2 Å². The molecule has 4 aliphatic rings. The second kappa shape index (κ2) is 25.1. The largest absolute Gasteiger partial charge is 0.507 e. The Morgan fingerprint density at radius 1 is 0.316 bits per heavy atom. The van der Waals surface area contributed by atoms with Gasteiger partial charge in [-0.25, -0.2) is 0 Å². The van der Waals surface area contributed by atoms with Crippen LogP contribution in [0.5, 0.6) is 5.75 Å². The van der Waals surface area contributed by atoms with E-state index in [0.29, 0.717) is 5.75 Å². The van der Waals surface area contributed by atoms with E-state index in [1.165, 1.54) is 155 Å². The molecule has 0 aliphatic heterocycles. The summed E-state index contributed by atoms with van der Waals surface area (Å²) >= 11 is 0. The van der Waals surface area contributed by atoms with E-state index >= 15 is 0 Å². The highest BCUT2D eigenvalue weighted by Gasteiger charge is 2.29. The highest BCUT2D eigenvalue weighted by atomic mass is 16.3. The van der Waals surface area contributed by atoms with Crippen LogP contribution in [-0.4, -0.2) is 5.11 Å². The quantitative estimate of drug-likeness (QED) is 0.282. The van der Waals surface area contributed by atoms with Crippen molar-refractivity contribution in [1.29, 1.82) is 0 Å². The van der Waals surface area contributed by atoms with Gasteiger partial charge in [-0.1, -0.05) is 128 Å². The fourth-order valence-corrected chi connectivity index (χ4v) is 11.6. The molecule has 57 heavy (non-hydrogen) atoms. The predicted octanol–water partition coefficient (Wildman–Crippen LogP) is 18.2. The minimum absolute atomic E-state index is 0. The van der Waals surface area contributed by atoms with Gasteiger partial charge in [-0.15, -0.1) is 0 Å². The average Bonchev–Trinajstić information content (AvgIpc) is 3.15. The molecule has 2 aromatic carbocycles. The molecule has 0 amide bonds. The van der Waals surface area contributed by atoms with E-state index in [1.807, 2.05) is 0 Å². The molecule has 0 bridgehead atoms. The second-order valence-electron chi connectivity index (χ2n) is 19.8. The van der Waals surface area contributed by atoms with Crippen molar-refractivity contribution in [1.82, 2.24) is 0 Å². The van der Waals surface area contributed by atoms with Crippen molar-refractivity contribution >= 4 is 0 Å². The molecule has 0 atom stereocenters. The molecule has 4 saturated carbocycles. The molecule has 0 spiro atoms. The zero-order valence-electron chi connectivity index (χ0n) is 36.2. The SMILES string of the molecule is C.C.C.C.C.Cc1c(C)c(C)c(CC2CCC(CC3CCC(C)CC3)CC2)c(C)c1C.Cc1c(C)c(CC2CCC(CC3CCC(C)CC3)CC2)c(C)c(C)c1O. The highest BCUT2D eigenvalue weighted by Crippen LogP contribution is 2.42. The number of phenolic OH excluding ortho intramolecular Hbond substituents is 1. The van der Waals surface area contributed by atoms with Gasteiger partial charge in [0.2, 0.25) is 0 Å². The zero-order valence-corrected chi connectivity index (χ0v) is 36.2. The van der Waals surface area contributed by atoms with Crippen LogP contribution in [-0.2, 0) is 12.8 Å². The van der Waals surface area contributed by atoms with Crippen LogP contribution in [0.2, 0.25) is 0 Å². The van der Waals surface area contributed by atoms with Gasteiger partial charge < -0.3 is 5.11 Å². The summed E-state index contributed by atoms with van der Waals surface area (Å²) in [5, 5.41) is 10.3. The molecule has 1 nitrogen and oxygen atoms in total. The smallest absolute Gasteiger partial charge is 0.121 e. The van der Waals surface area contributed by atoms with Crippen molar-refractivity contribution < 1.29 is 5.11 Å². The number of hydrogen-bond acceptors (Lipinski definition) is 1. The fraction of sp³-hybridized carbons (Fsp3) is 0.786. The summed E-state index contributed by atoms with van der Waals surface area (Å²) < 4.78 is 0. The first-order chi connectivity index (χ1) is 24.7. The molecule has 0 heterocycles. The summed E-state index contributed by atoms with van der Waals surface area (Å²) in [6, 6.07) is 0. The van der Waals surface area contributed by atoms with E-state index in [-0.39, 0.29) is 37.1 Å². The molecule has 0 unspecified atom stereocenters. The van der Waals surface area contributed by atoms with Crippen LogP contribution in [0.3, 0.4) is 0 Å². The Morgan fingerprint density at radius 2 is 0.526 bits per heavy atom. The van der Waals surface area contributed by atoms with Gasteiger partial charge in [0.1, 0.15) is 5.75 Å². The van der Waals surface area contributed by atoms with Crippen molar-refractivity contribution in [3.8, 4) is 5.75 Å². The van der Waals surface area contributed by atoms with Crippen LogP contribution in [0.25, 0.3) is 0 Å². The van der Waals surface area contributed by atoms with Gasteiger partial charge >= 0.3 is 0 Å².